The summed E-state index contributed by atoms with van der Waals surface area (Å²) in [6, 6.07) is 22.4. The molecule has 52 heavy (non-hydrogen) atoms. The van der Waals surface area contributed by atoms with Crippen molar-refractivity contribution in [2.75, 3.05) is 34.7 Å². The maximum atomic E-state index is 13.6. The number of nitrogens with one attached hydrogen (secondary N) is 1. The first-order valence-electron chi connectivity index (χ1n) is 18.1. The number of aryl methyl sites for hydroxylation is 3. The van der Waals surface area contributed by atoms with Crippen LogP contribution in [0.15, 0.2) is 71.7 Å². The van der Waals surface area contributed by atoms with Gasteiger partial charge >= 0.3 is 0 Å². The van der Waals surface area contributed by atoms with Crippen LogP contribution in [-0.2, 0) is 23.1 Å². The number of amides is 2. The minimum absolute atomic E-state index is 0.0442. The molecule has 0 spiro atoms. The second-order valence-electron chi connectivity index (χ2n) is 15.2. The molecule has 1 aliphatic heterocycles. The lowest BCUT2D eigenvalue weighted by Crippen LogP contribution is -2.46. The van der Waals surface area contributed by atoms with Crippen LogP contribution in [0.4, 0.5) is 0 Å². The van der Waals surface area contributed by atoms with E-state index in [9.17, 15) is 14.9 Å². The van der Waals surface area contributed by atoms with Gasteiger partial charge in [0.15, 0.2) is 0 Å². The molecule has 1 aromatic heterocycles. The van der Waals surface area contributed by atoms with E-state index in [1.54, 1.807) is 23.9 Å². The highest BCUT2D eigenvalue weighted by Crippen LogP contribution is 2.49. The fourth-order valence-corrected chi connectivity index (χ4v) is 8.24. The number of benzene rings is 3. The third-order valence-corrected chi connectivity index (χ3v) is 11.2. The molecular formula is C42H47N7O3. The number of carbonyl (C=O) groups is 2. The van der Waals surface area contributed by atoms with Crippen LogP contribution in [0, 0.1) is 24.2 Å². The van der Waals surface area contributed by atoms with Crippen LogP contribution in [0.5, 0.6) is 0 Å². The summed E-state index contributed by atoms with van der Waals surface area (Å²) >= 11 is 0. The van der Waals surface area contributed by atoms with Gasteiger partial charge in [0.1, 0.15) is 11.5 Å². The summed E-state index contributed by atoms with van der Waals surface area (Å²) in [6.07, 6.45) is 3.66. The molecule has 0 radical (unpaired) electrons. The number of rotatable bonds is 10. The Hall–Kier alpha value is -5.27. The monoisotopic (exact) mass is 697 g/mol. The molecule has 2 heterocycles. The molecule has 3 aromatic carbocycles. The molecular weight excluding hydrogens is 651 g/mol. The number of fused-ring (bicyclic) bond motifs is 3. The minimum atomic E-state index is -0.936. The SMILES string of the molecule is C=C(c1ccc2c(c1)CCc1cc(C(=O)N(C)C)ccc1C2(C[C@H](C)NCC(=O)N1C(C#N)C[C@@H]2C[C@@H]21)c1nnc(-c2ccc(C)cc2)o1)N(C)C. The predicted molar refractivity (Wildman–Crippen MR) is 200 cm³/mol. The zero-order valence-electron chi connectivity index (χ0n) is 30.9. The third kappa shape index (κ3) is 6.28. The maximum Gasteiger partial charge on any atom is 0.253 e. The Bertz CT molecular complexity index is 2000. The predicted octanol–water partition coefficient (Wildman–Crippen LogP) is 5.59. The van der Waals surface area contributed by atoms with Gasteiger partial charge in [-0.05, 0) is 110 Å². The van der Waals surface area contributed by atoms with Crippen molar-refractivity contribution < 1.29 is 14.0 Å². The van der Waals surface area contributed by atoms with Crippen molar-refractivity contribution in [3.63, 3.8) is 0 Å². The van der Waals surface area contributed by atoms with E-state index in [2.05, 4.69) is 54.3 Å². The average Bonchev–Trinajstić information content (AvgIpc) is 3.57. The van der Waals surface area contributed by atoms with Crippen LogP contribution >= 0.6 is 0 Å². The number of piperidine rings is 1. The number of likely N-dealkylation sites (tertiary alicyclic amines) is 1. The lowest BCUT2D eigenvalue weighted by molar-refractivity contribution is -0.131. The maximum absolute atomic E-state index is 13.6. The van der Waals surface area contributed by atoms with E-state index in [1.807, 2.05) is 62.3 Å². The number of hydrogen-bond acceptors (Lipinski definition) is 8. The van der Waals surface area contributed by atoms with Gasteiger partial charge in [0.2, 0.25) is 17.7 Å². The van der Waals surface area contributed by atoms with E-state index < -0.39 is 5.41 Å². The Labute approximate surface area is 306 Å². The van der Waals surface area contributed by atoms with Crippen molar-refractivity contribution in [3.05, 3.63) is 112 Å². The lowest BCUT2D eigenvalue weighted by atomic mass is 9.68. The summed E-state index contributed by atoms with van der Waals surface area (Å²) in [6.45, 7) is 8.58. The van der Waals surface area contributed by atoms with Gasteiger partial charge < -0.3 is 24.4 Å². The zero-order valence-corrected chi connectivity index (χ0v) is 30.9. The van der Waals surface area contributed by atoms with Crippen molar-refractivity contribution in [3.8, 4) is 17.5 Å². The summed E-state index contributed by atoms with van der Waals surface area (Å²) in [5.74, 6) is 1.21. The summed E-state index contributed by atoms with van der Waals surface area (Å²) in [4.78, 5) is 32.2. The van der Waals surface area contributed by atoms with E-state index in [0.29, 0.717) is 36.1 Å². The largest absolute Gasteiger partial charge is 0.419 e. The summed E-state index contributed by atoms with van der Waals surface area (Å²) in [5, 5.41) is 22.7. The number of aromatic nitrogens is 2. The van der Waals surface area contributed by atoms with Gasteiger partial charge in [0.05, 0.1) is 12.6 Å². The normalized spacial score (nSPS) is 21.9. The quantitative estimate of drug-likeness (QED) is 0.228. The Balaban J connectivity index is 1.36. The number of nitrogens with zero attached hydrogens (tertiary/aromatic N) is 6. The Morgan fingerprint density at radius 1 is 0.981 bits per heavy atom. The molecule has 268 valence electrons. The fraction of sp³-hybridized carbons (Fsp3) is 0.405. The van der Waals surface area contributed by atoms with Crippen LogP contribution in [0.25, 0.3) is 17.2 Å². The molecule has 4 aromatic rings. The van der Waals surface area contributed by atoms with Crippen LogP contribution in [0.1, 0.15) is 75.8 Å². The van der Waals surface area contributed by atoms with E-state index in [4.69, 9.17) is 9.52 Å². The van der Waals surface area contributed by atoms with Gasteiger partial charge in [-0.1, -0.05) is 42.5 Å². The summed E-state index contributed by atoms with van der Waals surface area (Å²) in [5.41, 5.74) is 7.74. The molecule has 1 saturated carbocycles. The molecule has 2 unspecified atom stereocenters. The van der Waals surface area contributed by atoms with Crippen LogP contribution in [0.2, 0.25) is 0 Å². The van der Waals surface area contributed by atoms with Crippen molar-refractivity contribution in [2.45, 2.75) is 69.5 Å². The molecule has 1 saturated heterocycles. The molecule has 10 nitrogen and oxygen atoms in total. The fourth-order valence-electron chi connectivity index (χ4n) is 8.24. The highest BCUT2D eigenvalue weighted by molar-refractivity contribution is 5.94. The third-order valence-electron chi connectivity index (χ3n) is 11.2. The van der Waals surface area contributed by atoms with E-state index in [1.165, 1.54) is 0 Å². The Morgan fingerprint density at radius 2 is 1.63 bits per heavy atom. The van der Waals surface area contributed by atoms with E-state index >= 15 is 0 Å². The summed E-state index contributed by atoms with van der Waals surface area (Å²) in [7, 11) is 7.50. The van der Waals surface area contributed by atoms with Crippen LogP contribution in [0.3, 0.4) is 0 Å². The topological polar surface area (TPSA) is 119 Å². The molecule has 3 aliphatic rings. The molecule has 2 amide bonds. The zero-order chi connectivity index (χ0) is 36.9. The lowest BCUT2D eigenvalue weighted by Gasteiger charge is -2.36. The highest BCUT2D eigenvalue weighted by atomic mass is 16.4. The van der Waals surface area contributed by atoms with Crippen LogP contribution < -0.4 is 5.32 Å². The molecule has 0 bridgehead atoms. The van der Waals surface area contributed by atoms with Crippen LogP contribution in [-0.4, -0.2) is 89.6 Å². The second-order valence-corrected chi connectivity index (χ2v) is 15.2. The minimum Gasteiger partial charge on any atom is -0.419 e. The van der Waals surface area contributed by atoms with Crippen molar-refractivity contribution in [1.82, 2.24) is 30.2 Å². The molecule has 5 atom stereocenters. The first-order chi connectivity index (χ1) is 24.9. The number of hydrogen-bond donors (Lipinski definition) is 1. The smallest absolute Gasteiger partial charge is 0.253 e. The van der Waals surface area contributed by atoms with E-state index in [0.717, 1.165) is 63.9 Å². The Kier molecular flexibility index (Phi) is 9.26. The van der Waals surface area contributed by atoms with Gasteiger partial charge in [-0.3, -0.25) is 9.59 Å². The van der Waals surface area contributed by atoms with Crippen molar-refractivity contribution >= 4 is 17.5 Å². The number of carbonyl (C=O) groups excluding carboxylic acids is 2. The van der Waals surface area contributed by atoms with Gasteiger partial charge in [0, 0.05) is 57.1 Å². The molecule has 2 fully saturated rings. The molecule has 10 heteroatoms. The standard InChI is InChI=1S/C42H47N7O3/c1-25-8-10-28(11-9-25)39-45-46-41(52-39)42(22-26(2)44-24-38(50)49-34(23-43)20-33-21-37(33)49)35-16-14-29(27(3)47(4)5)18-30(35)12-13-31-19-32(15-17-36(31)42)40(51)48(6)7/h8-11,14-19,26,33-34,37,44H,3,12-13,20-22,24H2,1-2,4-7H3/t26-,33+,34?,37-,42?/m0/s1. The number of nitriles is 1. The van der Waals surface area contributed by atoms with Gasteiger partial charge in [-0.25, -0.2) is 0 Å². The van der Waals surface area contributed by atoms with Gasteiger partial charge in [0.25, 0.3) is 5.91 Å². The molecule has 2 aliphatic carbocycles. The second kappa shape index (κ2) is 13.7. The first-order valence-corrected chi connectivity index (χ1v) is 18.1. The summed E-state index contributed by atoms with van der Waals surface area (Å²) < 4.78 is 6.75. The highest BCUT2D eigenvalue weighted by Gasteiger charge is 2.54. The van der Waals surface area contributed by atoms with E-state index in [-0.39, 0.29) is 36.5 Å². The molecule has 7 rings (SSSR count). The van der Waals surface area contributed by atoms with Crippen molar-refractivity contribution in [2.24, 2.45) is 5.92 Å². The molecule has 1 N–H and O–H groups in total. The van der Waals surface area contributed by atoms with Gasteiger partial charge in [-0.15, -0.1) is 10.2 Å². The van der Waals surface area contributed by atoms with Crippen molar-refractivity contribution in [1.29, 1.82) is 5.26 Å². The Morgan fingerprint density at radius 3 is 2.27 bits per heavy atom. The first kappa shape index (κ1) is 35.1. The van der Waals surface area contributed by atoms with Gasteiger partial charge in [-0.2, -0.15) is 5.26 Å². The average molecular weight is 698 g/mol.